The number of amidine groups is 1. The number of nitrogens with one attached hydrogen (secondary N) is 2. The van der Waals surface area contributed by atoms with Crippen molar-refractivity contribution in [3.63, 3.8) is 0 Å². The van der Waals surface area contributed by atoms with Crippen molar-refractivity contribution in [3.05, 3.63) is 47.1 Å². The molecule has 1 fully saturated rings. The summed E-state index contributed by atoms with van der Waals surface area (Å²) in [5.41, 5.74) is 7.04. The number of hydrazine groups is 1. The van der Waals surface area contributed by atoms with Crippen molar-refractivity contribution in [1.29, 1.82) is 0 Å². The Hall–Kier alpha value is -2.56. The average Bonchev–Trinajstić information content (AvgIpc) is 3.12. The Kier molecular flexibility index (Phi) is 7.20. The average molecular weight is 489 g/mol. The zero-order valence-corrected chi connectivity index (χ0v) is 21.6. The van der Waals surface area contributed by atoms with Gasteiger partial charge in [-0.3, -0.25) is 5.01 Å². The summed E-state index contributed by atoms with van der Waals surface area (Å²) in [5, 5.41) is 5.39. The predicted octanol–water partition coefficient (Wildman–Crippen LogP) is 2.31. The van der Waals surface area contributed by atoms with Gasteiger partial charge >= 0.3 is 0 Å². The van der Waals surface area contributed by atoms with Crippen LogP contribution in [-0.4, -0.2) is 75.3 Å². The molecule has 0 unspecified atom stereocenters. The van der Waals surface area contributed by atoms with Crippen molar-refractivity contribution in [2.75, 3.05) is 46.9 Å². The van der Waals surface area contributed by atoms with Crippen LogP contribution in [0.2, 0.25) is 0 Å². The molecule has 0 amide bonds. The zero-order chi connectivity index (χ0) is 24.5. The highest BCUT2D eigenvalue weighted by Gasteiger charge is 2.31. The van der Waals surface area contributed by atoms with Gasteiger partial charge in [0.2, 0.25) is 10.0 Å². The van der Waals surface area contributed by atoms with Gasteiger partial charge in [0.15, 0.2) is 0 Å². The molecule has 4 rings (SSSR count). The molecule has 2 N–H and O–H groups in total. The summed E-state index contributed by atoms with van der Waals surface area (Å²) in [4.78, 5) is 7.05. The number of piperazine rings is 1. The van der Waals surface area contributed by atoms with Gasteiger partial charge < -0.3 is 20.4 Å². The highest BCUT2D eigenvalue weighted by molar-refractivity contribution is 7.89. The first-order valence-corrected chi connectivity index (χ1v) is 13.4. The van der Waals surface area contributed by atoms with Crippen molar-refractivity contribution in [1.82, 2.24) is 25.0 Å². The van der Waals surface area contributed by atoms with E-state index in [-0.39, 0.29) is 4.90 Å². The van der Waals surface area contributed by atoms with E-state index < -0.39 is 10.0 Å². The van der Waals surface area contributed by atoms with Crippen molar-refractivity contribution < 1.29 is 13.2 Å². The second-order valence-corrected chi connectivity index (χ2v) is 11.4. The maximum absolute atomic E-state index is 13.4. The molecule has 34 heavy (non-hydrogen) atoms. The van der Waals surface area contributed by atoms with E-state index in [1.54, 1.807) is 22.5 Å². The summed E-state index contributed by atoms with van der Waals surface area (Å²) in [7, 11) is 0.344. The third-order valence-corrected chi connectivity index (χ3v) is 8.05. The molecule has 0 atom stereocenters. The van der Waals surface area contributed by atoms with E-state index in [9.17, 15) is 8.42 Å². The summed E-state index contributed by atoms with van der Waals surface area (Å²) >= 11 is 0. The Morgan fingerprint density at radius 2 is 1.88 bits per heavy atom. The molecule has 10 heteroatoms. The zero-order valence-electron chi connectivity index (χ0n) is 20.8. The lowest BCUT2D eigenvalue weighted by molar-refractivity contribution is 0.222. The predicted molar refractivity (Wildman–Crippen MR) is 134 cm³/mol. The molecule has 1 aromatic carbocycles. The van der Waals surface area contributed by atoms with Gasteiger partial charge in [-0.1, -0.05) is 27.2 Å². The van der Waals surface area contributed by atoms with Crippen LogP contribution in [0, 0.1) is 5.92 Å². The van der Waals surface area contributed by atoms with Crippen LogP contribution in [0.15, 0.2) is 51.4 Å². The van der Waals surface area contributed by atoms with Gasteiger partial charge in [-0.05, 0) is 37.6 Å². The standard InChI is InChI=1S/C24H36N6O3S/c1-6-7-20-23-21(29(5)27-20)15-25-24(26-23)19-14-18(8-9-22(19)33-16-17(2)3)34(31,32)30-12-10-28(4)11-13-30/h8-9,14-15,17,27H,6-7,10-13,16H2,1-5H3,(H,25,26). The lowest BCUT2D eigenvalue weighted by atomic mass is 10.1. The Balaban J connectivity index is 1.72. The van der Waals surface area contributed by atoms with Crippen molar-refractivity contribution >= 4 is 15.9 Å². The van der Waals surface area contributed by atoms with Gasteiger partial charge in [-0.15, -0.1) is 0 Å². The SMILES string of the molecule is CCCC1=C2NC(c3cc(S(=O)(=O)N4CCN(C)CC4)ccc3OCC(C)C)=NC=C2N(C)N1. The van der Waals surface area contributed by atoms with E-state index in [1.165, 1.54) is 0 Å². The fraction of sp³-hybridized carbons (Fsp3) is 0.542. The summed E-state index contributed by atoms with van der Waals surface area (Å²) in [6, 6.07) is 5.09. The van der Waals surface area contributed by atoms with Gasteiger partial charge in [0.25, 0.3) is 0 Å². The molecule has 0 radical (unpaired) electrons. The largest absolute Gasteiger partial charge is 0.493 e. The number of benzene rings is 1. The van der Waals surface area contributed by atoms with Crippen LogP contribution < -0.4 is 15.5 Å². The minimum Gasteiger partial charge on any atom is -0.493 e. The molecule has 0 aromatic heterocycles. The maximum Gasteiger partial charge on any atom is 0.243 e. The summed E-state index contributed by atoms with van der Waals surface area (Å²) in [6.45, 7) is 9.24. The third-order valence-electron chi connectivity index (χ3n) is 6.16. The fourth-order valence-corrected chi connectivity index (χ4v) is 5.64. The Bertz CT molecular complexity index is 1120. The van der Waals surface area contributed by atoms with Crippen LogP contribution in [0.25, 0.3) is 0 Å². The number of aliphatic imine (C=N–C) groups is 1. The van der Waals surface area contributed by atoms with Crippen LogP contribution in [0.3, 0.4) is 0 Å². The molecular formula is C24H36N6O3S. The minimum absolute atomic E-state index is 0.257. The fourth-order valence-electron chi connectivity index (χ4n) is 4.19. The molecule has 0 bridgehead atoms. The molecule has 0 aliphatic carbocycles. The first kappa shape index (κ1) is 24.6. The van der Waals surface area contributed by atoms with E-state index >= 15 is 0 Å². The molecule has 9 nitrogen and oxygen atoms in total. The summed E-state index contributed by atoms with van der Waals surface area (Å²) < 4.78 is 34.5. The molecule has 3 heterocycles. The van der Waals surface area contributed by atoms with Gasteiger partial charge in [-0.2, -0.15) is 4.31 Å². The number of rotatable bonds is 8. The first-order valence-electron chi connectivity index (χ1n) is 12.0. The number of allylic oxidation sites excluding steroid dienone is 1. The minimum atomic E-state index is -3.62. The molecule has 186 valence electrons. The van der Waals surface area contributed by atoms with Gasteiger partial charge in [0.1, 0.15) is 17.3 Å². The second-order valence-electron chi connectivity index (χ2n) is 9.46. The topological polar surface area (TPSA) is 89.5 Å². The highest BCUT2D eigenvalue weighted by atomic mass is 32.2. The Morgan fingerprint density at radius 3 is 2.56 bits per heavy atom. The molecule has 3 aliphatic heterocycles. The van der Waals surface area contributed by atoms with Crippen molar-refractivity contribution in [2.24, 2.45) is 10.9 Å². The highest BCUT2D eigenvalue weighted by Crippen LogP contribution is 2.31. The molecule has 0 spiro atoms. The molecule has 0 saturated carbocycles. The van der Waals surface area contributed by atoms with E-state index in [0.29, 0.717) is 42.8 Å². The lowest BCUT2D eigenvalue weighted by Gasteiger charge is -2.31. The maximum atomic E-state index is 13.4. The Morgan fingerprint density at radius 1 is 1.15 bits per heavy atom. The molecular weight excluding hydrogens is 452 g/mol. The molecule has 1 saturated heterocycles. The normalized spacial score (nSPS) is 19.5. The van der Waals surface area contributed by atoms with Crippen LogP contribution in [0.5, 0.6) is 5.75 Å². The molecule has 3 aliphatic rings. The van der Waals surface area contributed by atoms with Gasteiger partial charge in [0.05, 0.1) is 34.7 Å². The number of fused-ring (bicyclic) bond motifs is 1. The van der Waals surface area contributed by atoms with E-state index in [0.717, 1.165) is 43.0 Å². The Labute approximate surface area is 203 Å². The second kappa shape index (κ2) is 9.97. The number of hydrogen-bond donors (Lipinski definition) is 2. The summed E-state index contributed by atoms with van der Waals surface area (Å²) in [6.07, 6.45) is 3.71. The van der Waals surface area contributed by atoms with Gasteiger partial charge in [-0.25, -0.2) is 13.4 Å². The van der Waals surface area contributed by atoms with Crippen LogP contribution in [0.4, 0.5) is 0 Å². The lowest BCUT2D eigenvalue weighted by Crippen LogP contribution is -2.47. The van der Waals surface area contributed by atoms with E-state index in [4.69, 9.17) is 4.74 Å². The number of ether oxygens (including phenoxy) is 1. The van der Waals surface area contributed by atoms with Crippen LogP contribution >= 0.6 is 0 Å². The van der Waals surface area contributed by atoms with Crippen LogP contribution in [-0.2, 0) is 10.0 Å². The van der Waals surface area contributed by atoms with E-state index in [1.807, 2.05) is 25.3 Å². The summed E-state index contributed by atoms with van der Waals surface area (Å²) in [5.74, 6) is 1.53. The first-order chi connectivity index (χ1) is 16.2. The molecule has 1 aromatic rings. The van der Waals surface area contributed by atoms with Crippen LogP contribution in [0.1, 0.15) is 39.2 Å². The third kappa shape index (κ3) is 4.94. The van der Waals surface area contributed by atoms with E-state index in [2.05, 4.69) is 41.4 Å². The number of nitrogens with zero attached hydrogens (tertiary/aromatic N) is 4. The van der Waals surface area contributed by atoms with Crippen molar-refractivity contribution in [3.8, 4) is 5.75 Å². The van der Waals surface area contributed by atoms with Crippen molar-refractivity contribution in [2.45, 2.75) is 38.5 Å². The number of hydrogen-bond acceptors (Lipinski definition) is 8. The number of likely N-dealkylation sites (N-methyl/N-ethyl adjacent to an activating group) is 2. The number of sulfonamides is 1. The monoisotopic (exact) mass is 488 g/mol. The smallest absolute Gasteiger partial charge is 0.243 e. The quantitative estimate of drug-likeness (QED) is 0.580. The van der Waals surface area contributed by atoms with Gasteiger partial charge in [0, 0.05) is 33.2 Å².